The lowest BCUT2D eigenvalue weighted by Crippen LogP contribution is -2.49. The Morgan fingerprint density at radius 2 is 1.63 bits per heavy atom. The molecule has 8 nitrogen and oxygen atoms in total. The average Bonchev–Trinajstić information content (AvgIpc) is 2.79. The van der Waals surface area contributed by atoms with Gasteiger partial charge < -0.3 is 19.5 Å². The number of nitrogens with zero attached hydrogens (tertiary/aromatic N) is 3. The summed E-state index contributed by atoms with van der Waals surface area (Å²) in [5.41, 5.74) is 1.91. The first-order chi connectivity index (χ1) is 14.6. The number of rotatable bonds is 9. The molecular weight excluding hydrogens is 384 g/mol. The fraction of sp³-hybridized carbons (Fsp3) is 0.455. The van der Waals surface area contributed by atoms with Crippen molar-refractivity contribution in [2.75, 3.05) is 54.1 Å². The summed E-state index contributed by atoms with van der Waals surface area (Å²) in [4.78, 5) is 21.4. The Bertz CT molecular complexity index is 823. The molecule has 0 bridgehead atoms. The molecule has 2 heterocycles. The van der Waals surface area contributed by atoms with Crippen molar-refractivity contribution in [2.24, 2.45) is 0 Å². The molecule has 0 aliphatic carbocycles. The van der Waals surface area contributed by atoms with E-state index < -0.39 is 0 Å². The van der Waals surface area contributed by atoms with Crippen molar-refractivity contribution in [3.05, 3.63) is 47.8 Å². The molecule has 0 radical (unpaired) electrons. The summed E-state index contributed by atoms with van der Waals surface area (Å²) in [7, 11) is 4.76. The van der Waals surface area contributed by atoms with Gasteiger partial charge in [-0.25, -0.2) is 0 Å². The largest absolute Gasteiger partial charge is 0.496 e. The maximum atomic E-state index is 12.5. The Morgan fingerprint density at radius 1 is 0.967 bits per heavy atom. The lowest BCUT2D eigenvalue weighted by molar-refractivity contribution is -0.122. The number of carbonyl (C=O) groups is 1. The van der Waals surface area contributed by atoms with Gasteiger partial charge in [-0.05, 0) is 18.2 Å². The Labute approximate surface area is 177 Å². The van der Waals surface area contributed by atoms with Gasteiger partial charge in [-0.15, -0.1) is 0 Å². The number of benzene rings is 1. The molecule has 0 saturated carbocycles. The quantitative estimate of drug-likeness (QED) is 0.667. The van der Waals surface area contributed by atoms with E-state index in [9.17, 15) is 4.79 Å². The molecule has 0 spiro atoms. The maximum Gasteiger partial charge on any atom is 0.234 e. The van der Waals surface area contributed by atoms with Crippen LogP contribution in [0.5, 0.6) is 17.2 Å². The normalized spacial score (nSPS) is 14.9. The number of amides is 1. The molecule has 1 aromatic heterocycles. The summed E-state index contributed by atoms with van der Waals surface area (Å²) in [6, 6.07) is 9.58. The second-order valence-corrected chi connectivity index (χ2v) is 7.17. The Balaban J connectivity index is 1.46. The van der Waals surface area contributed by atoms with E-state index in [1.54, 1.807) is 27.4 Å². The highest BCUT2D eigenvalue weighted by Gasteiger charge is 2.20. The van der Waals surface area contributed by atoms with Gasteiger partial charge in [-0.3, -0.25) is 19.6 Å². The van der Waals surface area contributed by atoms with Crippen LogP contribution in [0.4, 0.5) is 0 Å². The predicted molar refractivity (Wildman–Crippen MR) is 114 cm³/mol. The molecule has 8 heteroatoms. The van der Waals surface area contributed by atoms with Gasteiger partial charge in [0.05, 0.1) is 33.6 Å². The number of hydrogen-bond donors (Lipinski definition) is 1. The molecule has 0 atom stereocenters. The van der Waals surface area contributed by atoms with Crippen molar-refractivity contribution < 1.29 is 19.0 Å². The number of pyridine rings is 1. The first-order valence-electron chi connectivity index (χ1n) is 10.0. The molecule has 1 fully saturated rings. The number of hydrogen-bond acceptors (Lipinski definition) is 7. The number of nitrogens with one attached hydrogen (secondary N) is 1. The molecule has 0 unspecified atom stereocenters. The molecule has 162 valence electrons. The van der Waals surface area contributed by atoms with E-state index in [1.807, 2.05) is 30.5 Å². The standard InChI is InChI=1S/C22H30N4O4/c1-28-19-13-21(30-3)20(29-2)12-17(19)14-24-22(27)16-26-10-8-25(9-11-26)15-18-6-4-5-7-23-18/h4-7,12-13H,8-11,14-16H2,1-3H3,(H,24,27). The SMILES string of the molecule is COc1cc(OC)c(OC)cc1CNC(=O)CN1CCN(Cc2ccccn2)CC1. The second kappa shape index (κ2) is 10.8. The maximum absolute atomic E-state index is 12.5. The van der Waals surface area contributed by atoms with Crippen LogP contribution in [0.2, 0.25) is 0 Å². The van der Waals surface area contributed by atoms with E-state index in [0.717, 1.165) is 44.0 Å². The van der Waals surface area contributed by atoms with Crippen LogP contribution in [0.1, 0.15) is 11.3 Å². The first-order valence-corrected chi connectivity index (χ1v) is 10.0. The third-order valence-corrected chi connectivity index (χ3v) is 5.21. The van der Waals surface area contributed by atoms with E-state index in [1.165, 1.54) is 0 Å². The van der Waals surface area contributed by atoms with E-state index in [-0.39, 0.29) is 5.91 Å². The monoisotopic (exact) mass is 414 g/mol. The molecule has 1 amide bonds. The fourth-order valence-corrected chi connectivity index (χ4v) is 3.51. The van der Waals surface area contributed by atoms with Gasteiger partial charge in [0.15, 0.2) is 11.5 Å². The van der Waals surface area contributed by atoms with Crippen molar-refractivity contribution in [3.8, 4) is 17.2 Å². The zero-order valence-electron chi connectivity index (χ0n) is 17.9. The predicted octanol–water partition coefficient (Wildman–Crippen LogP) is 1.54. The van der Waals surface area contributed by atoms with E-state index in [0.29, 0.717) is 30.3 Å². The summed E-state index contributed by atoms with van der Waals surface area (Å²) in [5, 5.41) is 2.98. The number of piperazine rings is 1. The first kappa shape index (κ1) is 21.9. The number of ether oxygens (including phenoxy) is 3. The fourth-order valence-electron chi connectivity index (χ4n) is 3.51. The summed E-state index contributed by atoms with van der Waals surface area (Å²) in [6.07, 6.45) is 1.82. The summed E-state index contributed by atoms with van der Waals surface area (Å²) >= 11 is 0. The van der Waals surface area contributed by atoms with Crippen LogP contribution in [0.25, 0.3) is 0 Å². The van der Waals surface area contributed by atoms with E-state index in [4.69, 9.17) is 14.2 Å². The molecule has 1 aliphatic heterocycles. The molecule has 2 aromatic rings. The van der Waals surface area contributed by atoms with Gasteiger partial charge in [0.2, 0.25) is 5.91 Å². The third-order valence-electron chi connectivity index (χ3n) is 5.21. The minimum absolute atomic E-state index is 0.00925. The zero-order chi connectivity index (χ0) is 21.3. The van der Waals surface area contributed by atoms with Crippen LogP contribution in [0, 0.1) is 0 Å². The molecule has 1 N–H and O–H groups in total. The summed E-state index contributed by atoms with van der Waals surface area (Å²) in [6.45, 7) is 5.16. The summed E-state index contributed by atoms with van der Waals surface area (Å²) < 4.78 is 16.1. The van der Waals surface area contributed by atoms with Crippen molar-refractivity contribution in [1.29, 1.82) is 0 Å². The molecular formula is C22H30N4O4. The van der Waals surface area contributed by atoms with Gasteiger partial charge >= 0.3 is 0 Å². The highest BCUT2D eigenvalue weighted by atomic mass is 16.5. The van der Waals surface area contributed by atoms with Crippen molar-refractivity contribution in [3.63, 3.8) is 0 Å². The van der Waals surface area contributed by atoms with Crippen LogP contribution < -0.4 is 19.5 Å². The molecule has 30 heavy (non-hydrogen) atoms. The average molecular weight is 415 g/mol. The van der Waals surface area contributed by atoms with E-state index in [2.05, 4.69) is 20.1 Å². The van der Waals surface area contributed by atoms with Gasteiger partial charge in [0.25, 0.3) is 0 Å². The van der Waals surface area contributed by atoms with Crippen molar-refractivity contribution >= 4 is 5.91 Å². The van der Waals surface area contributed by atoms with Crippen LogP contribution in [0.3, 0.4) is 0 Å². The van der Waals surface area contributed by atoms with Gasteiger partial charge in [-0.1, -0.05) is 6.07 Å². The Kier molecular flexibility index (Phi) is 7.87. The number of methoxy groups -OCH3 is 3. The lowest BCUT2D eigenvalue weighted by Gasteiger charge is -2.34. The smallest absolute Gasteiger partial charge is 0.234 e. The summed E-state index contributed by atoms with van der Waals surface area (Å²) in [5.74, 6) is 1.83. The Morgan fingerprint density at radius 3 is 2.27 bits per heavy atom. The zero-order valence-corrected chi connectivity index (χ0v) is 17.9. The van der Waals surface area contributed by atoms with Gasteiger partial charge in [0.1, 0.15) is 5.75 Å². The van der Waals surface area contributed by atoms with Crippen molar-refractivity contribution in [1.82, 2.24) is 20.1 Å². The van der Waals surface area contributed by atoms with E-state index >= 15 is 0 Å². The molecule has 1 saturated heterocycles. The number of carbonyl (C=O) groups excluding carboxylic acids is 1. The number of aromatic nitrogens is 1. The van der Waals surface area contributed by atoms with Crippen LogP contribution in [0.15, 0.2) is 36.5 Å². The minimum atomic E-state index is -0.00925. The van der Waals surface area contributed by atoms with Crippen LogP contribution >= 0.6 is 0 Å². The van der Waals surface area contributed by atoms with Crippen LogP contribution in [-0.4, -0.2) is 74.7 Å². The Hall–Kier alpha value is -2.84. The molecule has 1 aromatic carbocycles. The highest BCUT2D eigenvalue weighted by molar-refractivity contribution is 5.78. The third kappa shape index (κ3) is 5.84. The minimum Gasteiger partial charge on any atom is -0.496 e. The van der Waals surface area contributed by atoms with Gasteiger partial charge in [-0.2, -0.15) is 0 Å². The highest BCUT2D eigenvalue weighted by Crippen LogP contribution is 2.34. The molecule has 3 rings (SSSR count). The van der Waals surface area contributed by atoms with Gasteiger partial charge in [0, 0.05) is 57.1 Å². The van der Waals surface area contributed by atoms with Crippen LogP contribution in [-0.2, 0) is 17.9 Å². The second-order valence-electron chi connectivity index (χ2n) is 7.17. The molecule has 1 aliphatic rings. The topological polar surface area (TPSA) is 76.2 Å². The lowest BCUT2D eigenvalue weighted by atomic mass is 10.1. The van der Waals surface area contributed by atoms with Crippen molar-refractivity contribution in [2.45, 2.75) is 13.1 Å².